The van der Waals surface area contributed by atoms with E-state index in [9.17, 15) is 4.79 Å². The van der Waals surface area contributed by atoms with E-state index in [2.05, 4.69) is 38.1 Å². The zero-order valence-corrected chi connectivity index (χ0v) is 15.6. The van der Waals surface area contributed by atoms with E-state index in [0.29, 0.717) is 12.6 Å². The minimum atomic E-state index is 0.182. The number of anilines is 1. The third-order valence-corrected chi connectivity index (χ3v) is 5.72. The van der Waals surface area contributed by atoms with Gasteiger partial charge in [-0.2, -0.15) is 0 Å². The minimum absolute atomic E-state index is 0.182. The van der Waals surface area contributed by atoms with E-state index in [-0.39, 0.29) is 5.91 Å². The normalized spacial score (nSPS) is 24.7. The van der Waals surface area contributed by atoms with Crippen molar-refractivity contribution in [3.63, 3.8) is 0 Å². The van der Waals surface area contributed by atoms with Crippen LogP contribution in [0.25, 0.3) is 11.0 Å². The molecular formula is C20H29N5O. The molecule has 2 aromatic rings. The van der Waals surface area contributed by atoms with Crippen molar-refractivity contribution < 1.29 is 4.79 Å². The Labute approximate surface area is 155 Å². The second-order valence-corrected chi connectivity index (χ2v) is 7.88. The molecule has 1 aliphatic carbocycles. The van der Waals surface area contributed by atoms with Crippen LogP contribution in [0, 0.1) is 5.92 Å². The van der Waals surface area contributed by atoms with Crippen molar-refractivity contribution in [1.29, 1.82) is 0 Å². The minimum Gasteiger partial charge on any atom is -0.352 e. The van der Waals surface area contributed by atoms with Gasteiger partial charge in [-0.3, -0.25) is 9.69 Å². The highest BCUT2D eigenvalue weighted by molar-refractivity contribution is 5.78. The molecule has 1 saturated carbocycles. The predicted molar refractivity (Wildman–Crippen MR) is 104 cm³/mol. The summed E-state index contributed by atoms with van der Waals surface area (Å²) in [5.41, 5.74) is 2.08. The number of nitrogens with one attached hydrogen (secondary N) is 2. The number of imidazole rings is 1. The van der Waals surface area contributed by atoms with E-state index >= 15 is 0 Å². The third kappa shape index (κ3) is 4.01. The number of benzene rings is 1. The molecule has 1 aromatic heterocycles. The summed E-state index contributed by atoms with van der Waals surface area (Å²) in [5, 5.41) is 3.24. The number of H-pyrrole nitrogens is 1. The van der Waals surface area contributed by atoms with Crippen molar-refractivity contribution in [2.45, 2.75) is 38.6 Å². The molecule has 1 aromatic carbocycles. The molecule has 1 aliphatic heterocycles. The molecule has 2 heterocycles. The number of piperazine rings is 1. The lowest BCUT2D eigenvalue weighted by molar-refractivity contribution is -0.123. The van der Waals surface area contributed by atoms with Crippen LogP contribution in [0.3, 0.4) is 0 Å². The first-order valence-electron chi connectivity index (χ1n) is 9.89. The van der Waals surface area contributed by atoms with Gasteiger partial charge >= 0.3 is 0 Å². The van der Waals surface area contributed by atoms with Crippen molar-refractivity contribution in [2.75, 3.05) is 37.6 Å². The average molecular weight is 355 g/mol. The maximum Gasteiger partial charge on any atom is 0.234 e. The summed E-state index contributed by atoms with van der Waals surface area (Å²) >= 11 is 0. The van der Waals surface area contributed by atoms with Gasteiger partial charge in [-0.15, -0.1) is 0 Å². The van der Waals surface area contributed by atoms with Crippen LogP contribution in [0.4, 0.5) is 5.95 Å². The molecule has 2 fully saturated rings. The standard InChI is InChI=1S/C20H29N5O/c1-15-5-4-6-16(13-15)21-19(26)14-24-9-11-25(12-10-24)20-22-17-7-2-3-8-18(17)23-20/h2-3,7-8,15-16H,4-6,9-14H2,1H3,(H,21,26)(H,22,23). The van der Waals surface area contributed by atoms with Crippen molar-refractivity contribution in [1.82, 2.24) is 20.2 Å². The Morgan fingerprint density at radius 2 is 2.04 bits per heavy atom. The molecule has 6 heteroatoms. The third-order valence-electron chi connectivity index (χ3n) is 5.72. The summed E-state index contributed by atoms with van der Waals surface area (Å²) in [7, 11) is 0. The Morgan fingerprint density at radius 1 is 1.23 bits per heavy atom. The van der Waals surface area contributed by atoms with Gasteiger partial charge in [0.05, 0.1) is 17.6 Å². The molecule has 0 bridgehead atoms. The molecule has 1 saturated heterocycles. The SMILES string of the molecule is CC1CCCC(NC(=O)CN2CCN(c3nc4ccccc4[nH]3)CC2)C1. The number of aromatic amines is 1. The lowest BCUT2D eigenvalue weighted by Crippen LogP contribution is -2.51. The Kier molecular flexibility index (Phi) is 5.11. The van der Waals surface area contributed by atoms with Crippen LogP contribution in [0.15, 0.2) is 24.3 Å². The first-order chi connectivity index (χ1) is 12.7. The van der Waals surface area contributed by atoms with Crippen molar-refractivity contribution in [2.24, 2.45) is 5.92 Å². The average Bonchev–Trinajstić information content (AvgIpc) is 3.06. The maximum absolute atomic E-state index is 12.4. The molecule has 2 unspecified atom stereocenters. The summed E-state index contributed by atoms with van der Waals surface area (Å²) in [6.45, 7) is 6.38. The molecule has 4 rings (SSSR count). The molecule has 140 valence electrons. The Hall–Kier alpha value is -2.08. The summed E-state index contributed by atoms with van der Waals surface area (Å²) in [6, 6.07) is 8.49. The van der Waals surface area contributed by atoms with Gasteiger partial charge in [-0.25, -0.2) is 4.98 Å². The first kappa shape index (κ1) is 17.3. The quantitative estimate of drug-likeness (QED) is 0.884. The van der Waals surface area contributed by atoms with Crippen molar-refractivity contribution in [3.8, 4) is 0 Å². The molecule has 2 N–H and O–H groups in total. The van der Waals surface area contributed by atoms with E-state index in [1.54, 1.807) is 0 Å². The molecule has 26 heavy (non-hydrogen) atoms. The van der Waals surface area contributed by atoms with Crippen LogP contribution in [0.1, 0.15) is 32.6 Å². The summed E-state index contributed by atoms with van der Waals surface area (Å²) in [5.74, 6) is 1.86. The van der Waals surface area contributed by atoms with Crippen LogP contribution in [-0.4, -0.2) is 59.5 Å². The zero-order valence-electron chi connectivity index (χ0n) is 15.6. The number of carbonyl (C=O) groups excluding carboxylic acids is 1. The Morgan fingerprint density at radius 3 is 2.81 bits per heavy atom. The van der Waals surface area contributed by atoms with E-state index in [0.717, 1.165) is 61.9 Å². The fourth-order valence-corrected chi connectivity index (χ4v) is 4.25. The van der Waals surface area contributed by atoms with Crippen LogP contribution in [-0.2, 0) is 4.79 Å². The Bertz CT molecular complexity index is 716. The van der Waals surface area contributed by atoms with Crippen LogP contribution in [0.2, 0.25) is 0 Å². The van der Waals surface area contributed by atoms with Gasteiger partial charge in [0.15, 0.2) is 0 Å². The number of nitrogens with zero attached hydrogens (tertiary/aromatic N) is 3. The second kappa shape index (κ2) is 7.66. The summed E-state index contributed by atoms with van der Waals surface area (Å²) in [4.78, 5) is 25.0. The summed E-state index contributed by atoms with van der Waals surface area (Å²) in [6.07, 6.45) is 4.81. The largest absolute Gasteiger partial charge is 0.352 e. The molecule has 0 spiro atoms. The van der Waals surface area contributed by atoms with E-state index in [1.165, 1.54) is 12.8 Å². The summed E-state index contributed by atoms with van der Waals surface area (Å²) < 4.78 is 0. The number of amides is 1. The second-order valence-electron chi connectivity index (χ2n) is 7.88. The van der Waals surface area contributed by atoms with E-state index < -0.39 is 0 Å². The van der Waals surface area contributed by atoms with Crippen molar-refractivity contribution >= 4 is 22.9 Å². The number of carbonyl (C=O) groups is 1. The molecule has 2 aliphatic rings. The molecule has 6 nitrogen and oxygen atoms in total. The highest BCUT2D eigenvalue weighted by atomic mass is 16.2. The topological polar surface area (TPSA) is 64.3 Å². The lowest BCUT2D eigenvalue weighted by atomic mass is 9.87. The predicted octanol–water partition coefficient (Wildman–Crippen LogP) is 2.38. The van der Waals surface area contributed by atoms with Gasteiger partial charge in [0.25, 0.3) is 0 Å². The monoisotopic (exact) mass is 355 g/mol. The van der Waals surface area contributed by atoms with Gasteiger partial charge in [0, 0.05) is 32.2 Å². The van der Waals surface area contributed by atoms with Crippen LogP contribution in [0.5, 0.6) is 0 Å². The van der Waals surface area contributed by atoms with Gasteiger partial charge in [0.2, 0.25) is 11.9 Å². The van der Waals surface area contributed by atoms with Gasteiger partial charge in [-0.05, 0) is 30.9 Å². The molecule has 0 radical (unpaired) electrons. The number of fused-ring (bicyclic) bond motifs is 1. The smallest absolute Gasteiger partial charge is 0.234 e. The zero-order chi connectivity index (χ0) is 17.9. The lowest BCUT2D eigenvalue weighted by Gasteiger charge is -2.34. The van der Waals surface area contributed by atoms with Gasteiger partial charge in [-0.1, -0.05) is 31.9 Å². The number of para-hydroxylation sites is 2. The number of hydrogen-bond donors (Lipinski definition) is 2. The molecular weight excluding hydrogens is 326 g/mol. The maximum atomic E-state index is 12.4. The first-order valence-corrected chi connectivity index (χ1v) is 9.89. The van der Waals surface area contributed by atoms with Crippen LogP contribution >= 0.6 is 0 Å². The highest BCUT2D eigenvalue weighted by Crippen LogP contribution is 2.23. The van der Waals surface area contributed by atoms with E-state index in [1.807, 2.05) is 18.2 Å². The van der Waals surface area contributed by atoms with Gasteiger partial charge < -0.3 is 15.2 Å². The highest BCUT2D eigenvalue weighted by Gasteiger charge is 2.24. The van der Waals surface area contributed by atoms with Crippen LogP contribution < -0.4 is 10.2 Å². The van der Waals surface area contributed by atoms with Crippen molar-refractivity contribution in [3.05, 3.63) is 24.3 Å². The Balaban J connectivity index is 1.26. The number of rotatable bonds is 4. The number of hydrogen-bond acceptors (Lipinski definition) is 4. The van der Waals surface area contributed by atoms with E-state index in [4.69, 9.17) is 0 Å². The fourth-order valence-electron chi connectivity index (χ4n) is 4.25. The van der Waals surface area contributed by atoms with Gasteiger partial charge in [0.1, 0.15) is 0 Å². The molecule has 2 atom stereocenters. The molecule has 1 amide bonds. The fraction of sp³-hybridized carbons (Fsp3) is 0.600. The number of aromatic nitrogens is 2.